The van der Waals surface area contributed by atoms with E-state index in [1.807, 2.05) is 30.3 Å². The summed E-state index contributed by atoms with van der Waals surface area (Å²) in [6.45, 7) is -0.223. The average Bonchev–Trinajstić information content (AvgIpc) is 2.47. The van der Waals surface area contributed by atoms with Gasteiger partial charge in [-0.2, -0.15) is 0 Å². The van der Waals surface area contributed by atoms with E-state index in [4.69, 9.17) is 11.6 Å². The zero-order valence-corrected chi connectivity index (χ0v) is 12.5. The van der Waals surface area contributed by atoms with Crippen molar-refractivity contribution in [3.05, 3.63) is 75.8 Å². The van der Waals surface area contributed by atoms with Gasteiger partial charge in [0.1, 0.15) is 0 Å². The molecule has 2 rings (SSSR count). The lowest BCUT2D eigenvalue weighted by Crippen LogP contribution is -2.10. The van der Waals surface area contributed by atoms with Crippen LogP contribution in [0.1, 0.15) is 21.2 Å². The van der Waals surface area contributed by atoms with Gasteiger partial charge in [-0.15, -0.1) is 11.8 Å². The third-order valence-electron chi connectivity index (χ3n) is 2.85. The summed E-state index contributed by atoms with van der Waals surface area (Å²) in [6, 6.07) is 16.1. The van der Waals surface area contributed by atoms with Gasteiger partial charge in [-0.3, -0.25) is 14.9 Å². The molecule has 0 aliphatic rings. The minimum absolute atomic E-state index is 0.223. The first kappa shape index (κ1) is 15.5. The van der Waals surface area contributed by atoms with Crippen LogP contribution in [0.25, 0.3) is 0 Å². The van der Waals surface area contributed by atoms with Crippen molar-refractivity contribution in [2.24, 2.45) is 0 Å². The third-order valence-corrected chi connectivity index (χ3v) is 4.37. The summed E-state index contributed by atoms with van der Waals surface area (Å²) in [5, 5.41) is 9.95. The zero-order chi connectivity index (χ0) is 15.2. The van der Waals surface area contributed by atoms with E-state index in [1.54, 1.807) is 24.3 Å². The standard InChI is InChI=1S/C15H12ClNO3S/c16-15(18)12-8-4-5-9-13(12)21-14(10-17(19)20)11-6-2-1-3-7-11/h1-9,14H,10H2. The molecule has 0 aliphatic carbocycles. The molecule has 0 fully saturated rings. The summed E-state index contributed by atoms with van der Waals surface area (Å²) < 4.78 is 0. The fourth-order valence-corrected chi connectivity index (χ4v) is 3.36. The van der Waals surface area contributed by atoms with Crippen LogP contribution >= 0.6 is 23.4 Å². The molecule has 0 bridgehead atoms. The predicted octanol–water partition coefficient (Wildman–Crippen LogP) is 4.18. The molecule has 0 saturated heterocycles. The number of hydrogen-bond donors (Lipinski definition) is 0. The van der Waals surface area contributed by atoms with E-state index in [-0.39, 0.29) is 16.7 Å². The minimum atomic E-state index is -0.564. The van der Waals surface area contributed by atoms with Crippen molar-refractivity contribution in [2.75, 3.05) is 6.54 Å². The Morgan fingerprint density at radius 1 is 1.14 bits per heavy atom. The highest BCUT2D eigenvalue weighted by Gasteiger charge is 2.21. The van der Waals surface area contributed by atoms with Gasteiger partial charge >= 0.3 is 0 Å². The number of nitrogens with zero attached hydrogens (tertiary/aromatic N) is 1. The summed E-state index contributed by atoms with van der Waals surface area (Å²) in [5.41, 5.74) is 1.21. The Balaban J connectivity index is 2.32. The number of hydrogen-bond acceptors (Lipinski definition) is 4. The molecule has 108 valence electrons. The van der Waals surface area contributed by atoms with Gasteiger partial charge in [-0.05, 0) is 29.3 Å². The zero-order valence-electron chi connectivity index (χ0n) is 10.9. The van der Waals surface area contributed by atoms with Crippen LogP contribution < -0.4 is 0 Å². The van der Waals surface area contributed by atoms with Crippen molar-refractivity contribution in [3.8, 4) is 0 Å². The van der Waals surface area contributed by atoms with Gasteiger partial charge in [0.2, 0.25) is 6.54 Å². The van der Waals surface area contributed by atoms with Crippen LogP contribution in [-0.4, -0.2) is 16.7 Å². The van der Waals surface area contributed by atoms with E-state index in [9.17, 15) is 14.9 Å². The third kappa shape index (κ3) is 4.31. The summed E-state index contributed by atoms with van der Waals surface area (Å²) in [5.74, 6) is 0. The maximum atomic E-state index is 11.4. The van der Waals surface area contributed by atoms with Crippen molar-refractivity contribution in [1.82, 2.24) is 0 Å². The number of thioether (sulfide) groups is 1. The van der Waals surface area contributed by atoms with E-state index >= 15 is 0 Å². The van der Waals surface area contributed by atoms with Gasteiger partial charge in [0.15, 0.2) is 0 Å². The average molecular weight is 322 g/mol. The van der Waals surface area contributed by atoms with Gasteiger partial charge in [-0.25, -0.2) is 0 Å². The molecule has 4 nitrogen and oxygen atoms in total. The molecule has 0 radical (unpaired) electrons. The Morgan fingerprint density at radius 3 is 2.38 bits per heavy atom. The SMILES string of the molecule is O=C(Cl)c1ccccc1SC(C[N+](=O)[O-])c1ccccc1. The molecule has 6 heteroatoms. The number of halogens is 1. The normalized spacial score (nSPS) is 11.9. The molecular weight excluding hydrogens is 310 g/mol. The van der Waals surface area contributed by atoms with E-state index in [1.165, 1.54) is 11.8 Å². The molecule has 0 amide bonds. The smallest absolute Gasteiger partial charge is 0.253 e. The lowest BCUT2D eigenvalue weighted by atomic mass is 10.1. The molecule has 0 N–H and O–H groups in total. The van der Waals surface area contributed by atoms with Gasteiger partial charge in [0.05, 0.1) is 5.25 Å². The van der Waals surface area contributed by atoms with Crippen LogP contribution in [0.2, 0.25) is 0 Å². The molecule has 0 spiro atoms. The van der Waals surface area contributed by atoms with Crippen molar-refractivity contribution < 1.29 is 9.72 Å². The largest absolute Gasteiger partial charge is 0.276 e. The number of carbonyl (C=O) groups is 1. The van der Waals surface area contributed by atoms with Crippen molar-refractivity contribution in [3.63, 3.8) is 0 Å². The first-order chi connectivity index (χ1) is 10.1. The molecular formula is C15H12ClNO3S. The van der Waals surface area contributed by atoms with Crippen molar-refractivity contribution in [2.45, 2.75) is 10.1 Å². The molecule has 0 heterocycles. The van der Waals surface area contributed by atoms with Crippen LogP contribution in [0.15, 0.2) is 59.5 Å². The van der Waals surface area contributed by atoms with E-state index in [0.29, 0.717) is 10.5 Å². The molecule has 1 unspecified atom stereocenters. The van der Waals surface area contributed by atoms with Gasteiger partial charge in [0, 0.05) is 15.4 Å². The highest BCUT2D eigenvalue weighted by atomic mass is 35.5. The lowest BCUT2D eigenvalue weighted by Gasteiger charge is -2.14. The van der Waals surface area contributed by atoms with Crippen molar-refractivity contribution in [1.29, 1.82) is 0 Å². The Kier molecular flexibility index (Phi) is 5.36. The minimum Gasteiger partial charge on any atom is -0.276 e. The highest BCUT2D eigenvalue weighted by molar-refractivity contribution is 7.99. The summed E-state index contributed by atoms with van der Waals surface area (Å²) in [6.07, 6.45) is 0. The van der Waals surface area contributed by atoms with Crippen LogP contribution in [0.4, 0.5) is 0 Å². The van der Waals surface area contributed by atoms with Gasteiger partial charge in [-0.1, -0.05) is 42.5 Å². The van der Waals surface area contributed by atoms with Crippen LogP contribution in [0.5, 0.6) is 0 Å². The van der Waals surface area contributed by atoms with Crippen molar-refractivity contribution >= 4 is 28.6 Å². The first-order valence-corrected chi connectivity index (χ1v) is 7.46. The Hall–Kier alpha value is -1.85. The van der Waals surface area contributed by atoms with Gasteiger partial charge in [0.25, 0.3) is 5.24 Å². The molecule has 0 aliphatic heterocycles. The Bertz CT molecular complexity index is 648. The second-order valence-electron chi connectivity index (χ2n) is 4.30. The van der Waals surface area contributed by atoms with Crippen LogP contribution in [0.3, 0.4) is 0 Å². The topological polar surface area (TPSA) is 60.2 Å². The van der Waals surface area contributed by atoms with Crippen LogP contribution in [-0.2, 0) is 0 Å². The fourth-order valence-electron chi connectivity index (χ4n) is 1.90. The Labute approximate surface area is 131 Å². The van der Waals surface area contributed by atoms with E-state index in [2.05, 4.69) is 0 Å². The maximum absolute atomic E-state index is 11.4. The number of benzene rings is 2. The Morgan fingerprint density at radius 2 is 1.76 bits per heavy atom. The summed E-state index contributed by atoms with van der Waals surface area (Å²) in [7, 11) is 0. The number of nitro groups is 1. The quantitative estimate of drug-likeness (QED) is 0.346. The second-order valence-corrected chi connectivity index (χ2v) is 5.89. The highest BCUT2D eigenvalue weighted by Crippen LogP contribution is 2.37. The molecule has 2 aromatic carbocycles. The number of rotatable bonds is 6. The van der Waals surface area contributed by atoms with E-state index in [0.717, 1.165) is 5.56 Å². The molecule has 2 aromatic rings. The monoisotopic (exact) mass is 321 g/mol. The maximum Gasteiger partial charge on any atom is 0.253 e. The second kappa shape index (κ2) is 7.24. The number of carbonyl (C=O) groups excluding carboxylic acids is 1. The fraction of sp³-hybridized carbons (Fsp3) is 0.133. The predicted molar refractivity (Wildman–Crippen MR) is 83.5 cm³/mol. The molecule has 1 atom stereocenters. The van der Waals surface area contributed by atoms with Crippen LogP contribution in [0, 0.1) is 10.1 Å². The lowest BCUT2D eigenvalue weighted by molar-refractivity contribution is -0.479. The molecule has 21 heavy (non-hydrogen) atoms. The molecule has 0 aromatic heterocycles. The van der Waals surface area contributed by atoms with E-state index < -0.39 is 5.24 Å². The molecule has 0 saturated carbocycles. The summed E-state index contributed by atoms with van der Waals surface area (Å²) >= 11 is 6.84. The first-order valence-electron chi connectivity index (χ1n) is 6.20. The summed E-state index contributed by atoms with van der Waals surface area (Å²) in [4.78, 5) is 22.6. The van der Waals surface area contributed by atoms with Gasteiger partial charge < -0.3 is 0 Å².